The van der Waals surface area contributed by atoms with Gasteiger partial charge in [0.2, 0.25) is 0 Å². The maximum atomic E-state index is 12.7. The minimum Gasteiger partial charge on any atom is -0.478 e. The highest BCUT2D eigenvalue weighted by Crippen LogP contribution is 2.30. The van der Waals surface area contributed by atoms with Crippen molar-refractivity contribution in [2.24, 2.45) is 0 Å². The summed E-state index contributed by atoms with van der Waals surface area (Å²) >= 11 is 0. The van der Waals surface area contributed by atoms with Crippen molar-refractivity contribution in [2.45, 2.75) is 59.3 Å². The fourth-order valence-electron chi connectivity index (χ4n) is 2.79. The fraction of sp³-hybridized carbons (Fsp3) is 0.550. The summed E-state index contributed by atoms with van der Waals surface area (Å²) in [6.07, 6.45) is -1.16. The Bertz CT molecular complexity index is 776. The molecule has 154 valence electrons. The Hall–Kier alpha value is -2.77. The smallest absolute Gasteiger partial charge is 0.414 e. The predicted octanol–water partition coefficient (Wildman–Crippen LogP) is 3.88. The van der Waals surface area contributed by atoms with E-state index in [0.717, 1.165) is 0 Å². The molecule has 0 spiro atoms. The molecule has 2 amide bonds. The van der Waals surface area contributed by atoms with Crippen LogP contribution in [0.15, 0.2) is 18.2 Å². The molecule has 8 heteroatoms. The minimum atomic E-state index is -1.13. The second-order valence-corrected chi connectivity index (χ2v) is 8.64. The average molecular weight is 392 g/mol. The number of hydrogen-bond acceptors (Lipinski definition) is 5. The van der Waals surface area contributed by atoms with Crippen LogP contribution in [-0.4, -0.2) is 52.5 Å². The SMILES string of the molecule is CC(C)(C)OC(=O)N1CCN(C(=O)OC(C)(C)C)c2cccc(C(=O)O)c2C1. The quantitative estimate of drug-likeness (QED) is 0.779. The van der Waals surface area contributed by atoms with Gasteiger partial charge in [0, 0.05) is 18.7 Å². The highest BCUT2D eigenvalue weighted by atomic mass is 16.6. The molecular weight excluding hydrogens is 364 g/mol. The van der Waals surface area contributed by atoms with Crippen LogP contribution in [0.1, 0.15) is 57.5 Å². The van der Waals surface area contributed by atoms with Crippen LogP contribution in [0.25, 0.3) is 0 Å². The van der Waals surface area contributed by atoms with Gasteiger partial charge in [-0.05, 0) is 53.7 Å². The van der Waals surface area contributed by atoms with Gasteiger partial charge in [-0.1, -0.05) is 6.07 Å². The summed E-state index contributed by atoms with van der Waals surface area (Å²) < 4.78 is 10.9. The van der Waals surface area contributed by atoms with E-state index in [4.69, 9.17) is 9.47 Å². The lowest BCUT2D eigenvalue weighted by Crippen LogP contribution is -2.42. The summed E-state index contributed by atoms with van der Waals surface area (Å²) in [6, 6.07) is 4.68. The summed E-state index contributed by atoms with van der Waals surface area (Å²) in [6.45, 7) is 10.9. The zero-order chi connectivity index (χ0) is 21.3. The summed E-state index contributed by atoms with van der Waals surface area (Å²) in [5, 5.41) is 9.59. The number of rotatable bonds is 1. The predicted molar refractivity (Wildman–Crippen MR) is 104 cm³/mol. The lowest BCUT2D eigenvalue weighted by molar-refractivity contribution is 0.0236. The van der Waals surface area contributed by atoms with Gasteiger partial charge >= 0.3 is 18.2 Å². The molecule has 0 atom stereocenters. The highest BCUT2D eigenvalue weighted by Gasteiger charge is 2.33. The first-order valence-corrected chi connectivity index (χ1v) is 9.12. The molecule has 1 aromatic carbocycles. The van der Waals surface area contributed by atoms with E-state index >= 15 is 0 Å². The van der Waals surface area contributed by atoms with E-state index in [0.29, 0.717) is 11.3 Å². The van der Waals surface area contributed by atoms with Crippen LogP contribution in [0.5, 0.6) is 0 Å². The lowest BCUT2D eigenvalue weighted by Gasteiger charge is -2.28. The minimum absolute atomic E-state index is 0.0199. The molecule has 1 N–H and O–H groups in total. The molecule has 8 nitrogen and oxygen atoms in total. The topological polar surface area (TPSA) is 96.4 Å². The van der Waals surface area contributed by atoms with Crippen molar-refractivity contribution >= 4 is 23.8 Å². The zero-order valence-corrected chi connectivity index (χ0v) is 17.2. The van der Waals surface area contributed by atoms with Gasteiger partial charge in [-0.3, -0.25) is 4.90 Å². The summed E-state index contributed by atoms with van der Waals surface area (Å²) in [5.74, 6) is -1.13. The number of anilines is 1. The number of aromatic carboxylic acids is 1. The van der Waals surface area contributed by atoms with Gasteiger partial charge in [0.25, 0.3) is 0 Å². The molecular formula is C20H28N2O6. The number of carboxylic acid groups (broad SMARTS) is 1. The average Bonchev–Trinajstić information content (AvgIpc) is 2.70. The molecule has 0 radical (unpaired) electrons. The molecule has 1 aromatic rings. The molecule has 28 heavy (non-hydrogen) atoms. The Morgan fingerprint density at radius 1 is 0.929 bits per heavy atom. The van der Waals surface area contributed by atoms with Crippen molar-refractivity contribution in [3.8, 4) is 0 Å². The largest absolute Gasteiger partial charge is 0.478 e. The van der Waals surface area contributed by atoms with Crippen LogP contribution < -0.4 is 4.90 Å². The van der Waals surface area contributed by atoms with Crippen molar-refractivity contribution in [2.75, 3.05) is 18.0 Å². The standard InChI is InChI=1S/C20H28N2O6/c1-19(2,3)27-17(25)21-10-11-22(18(26)28-20(4,5)6)15-9-7-8-13(16(23)24)14(15)12-21/h7-9H,10-12H2,1-6H3,(H,23,24). The second kappa shape index (κ2) is 7.69. The molecule has 1 aliphatic rings. The van der Waals surface area contributed by atoms with Gasteiger partial charge < -0.3 is 19.5 Å². The lowest BCUT2D eigenvalue weighted by atomic mass is 10.0. The highest BCUT2D eigenvalue weighted by molar-refractivity contribution is 5.96. The molecule has 0 saturated carbocycles. The Kier molecular flexibility index (Phi) is 5.91. The summed E-state index contributed by atoms with van der Waals surface area (Å²) in [4.78, 5) is 39.8. The fourth-order valence-corrected chi connectivity index (χ4v) is 2.79. The maximum Gasteiger partial charge on any atom is 0.414 e. The van der Waals surface area contributed by atoms with E-state index < -0.39 is 29.4 Å². The number of fused-ring (bicyclic) bond motifs is 1. The van der Waals surface area contributed by atoms with Crippen LogP contribution in [0.3, 0.4) is 0 Å². The molecule has 0 bridgehead atoms. The van der Waals surface area contributed by atoms with Gasteiger partial charge in [-0.25, -0.2) is 14.4 Å². The van der Waals surface area contributed by atoms with Crippen molar-refractivity contribution in [3.05, 3.63) is 29.3 Å². The van der Waals surface area contributed by atoms with Crippen LogP contribution >= 0.6 is 0 Å². The van der Waals surface area contributed by atoms with E-state index in [-0.39, 0.29) is 25.2 Å². The molecule has 0 aromatic heterocycles. The summed E-state index contributed by atoms with van der Waals surface area (Å²) in [7, 11) is 0. The van der Waals surface area contributed by atoms with Gasteiger partial charge in [0.15, 0.2) is 0 Å². The molecule has 1 heterocycles. The first-order valence-electron chi connectivity index (χ1n) is 9.12. The monoisotopic (exact) mass is 392 g/mol. The summed E-state index contributed by atoms with van der Waals surface area (Å²) in [5.41, 5.74) is -0.590. The number of hydrogen-bond donors (Lipinski definition) is 1. The first kappa shape index (κ1) is 21.5. The van der Waals surface area contributed by atoms with Crippen molar-refractivity contribution < 1.29 is 29.0 Å². The van der Waals surface area contributed by atoms with Gasteiger partial charge in [-0.15, -0.1) is 0 Å². The van der Waals surface area contributed by atoms with Gasteiger partial charge in [0.05, 0.1) is 17.8 Å². The normalized spacial score (nSPS) is 14.8. The second-order valence-electron chi connectivity index (χ2n) is 8.64. The number of carbonyl (C=O) groups is 3. The van der Waals surface area contributed by atoms with Crippen LogP contribution in [0, 0.1) is 0 Å². The van der Waals surface area contributed by atoms with E-state index in [2.05, 4.69) is 0 Å². The Morgan fingerprint density at radius 3 is 2.04 bits per heavy atom. The van der Waals surface area contributed by atoms with Crippen LogP contribution in [-0.2, 0) is 16.0 Å². The van der Waals surface area contributed by atoms with E-state index in [1.807, 2.05) is 0 Å². The number of nitrogens with zero attached hydrogens (tertiary/aromatic N) is 2. The van der Waals surface area contributed by atoms with Gasteiger partial charge in [-0.2, -0.15) is 0 Å². The van der Waals surface area contributed by atoms with Crippen molar-refractivity contribution in [1.29, 1.82) is 0 Å². The molecule has 0 aliphatic carbocycles. The molecule has 2 rings (SSSR count). The van der Waals surface area contributed by atoms with E-state index in [9.17, 15) is 19.5 Å². The number of ether oxygens (including phenoxy) is 2. The van der Waals surface area contributed by atoms with Crippen LogP contribution in [0.2, 0.25) is 0 Å². The zero-order valence-electron chi connectivity index (χ0n) is 17.2. The molecule has 0 unspecified atom stereocenters. The van der Waals surface area contributed by atoms with Crippen molar-refractivity contribution in [3.63, 3.8) is 0 Å². The molecule has 1 aliphatic heterocycles. The number of carbonyl (C=O) groups excluding carboxylic acids is 2. The Labute approximate surface area is 165 Å². The van der Waals surface area contributed by atoms with Crippen LogP contribution in [0.4, 0.5) is 15.3 Å². The molecule has 0 saturated heterocycles. The maximum absolute atomic E-state index is 12.7. The first-order chi connectivity index (χ1) is 12.8. The number of benzene rings is 1. The van der Waals surface area contributed by atoms with E-state index in [1.54, 1.807) is 53.7 Å². The third-order valence-electron chi connectivity index (χ3n) is 3.88. The van der Waals surface area contributed by atoms with Crippen molar-refractivity contribution in [1.82, 2.24) is 4.90 Å². The molecule has 0 fully saturated rings. The van der Waals surface area contributed by atoms with E-state index in [1.165, 1.54) is 15.9 Å². The number of carboxylic acids is 1. The third kappa shape index (κ3) is 5.37. The van der Waals surface area contributed by atoms with Gasteiger partial charge in [0.1, 0.15) is 11.2 Å². The Balaban J connectivity index is 2.45. The number of amides is 2. The Morgan fingerprint density at radius 2 is 1.50 bits per heavy atom. The third-order valence-corrected chi connectivity index (χ3v) is 3.88.